The Morgan fingerprint density at radius 2 is 2.10 bits per heavy atom. The van der Waals surface area contributed by atoms with Gasteiger partial charge in [-0.25, -0.2) is 0 Å². The van der Waals surface area contributed by atoms with Crippen LogP contribution in [-0.4, -0.2) is 24.2 Å². The lowest BCUT2D eigenvalue weighted by Gasteiger charge is -2.17. The maximum atomic E-state index is 12.2. The Hall–Kier alpha value is -1.81. The molecule has 2 N–H and O–H groups in total. The summed E-state index contributed by atoms with van der Waals surface area (Å²) in [5, 5.41) is 13.1. The van der Waals surface area contributed by atoms with Gasteiger partial charge in [0.1, 0.15) is 11.8 Å². The number of rotatable bonds is 4. The molecule has 1 amide bonds. The Labute approximate surface area is 117 Å². The van der Waals surface area contributed by atoms with Gasteiger partial charge in [0, 0.05) is 18.5 Å². The van der Waals surface area contributed by atoms with Crippen molar-refractivity contribution in [2.75, 3.05) is 13.2 Å². The maximum absolute atomic E-state index is 12.2. The molecule has 0 spiro atoms. The number of furan rings is 1. The average molecular weight is 273 g/mol. The molecule has 1 saturated carbocycles. The van der Waals surface area contributed by atoms with Crippen LogP contribution in [0.25, 0.3) is 11.0 Å². The van der Waals surface area contributed by atoms with Crippen LogP contribution in [0, 0.1) is 11.8 Å². The number of carbonyl (C=O) groups is 1. The number of benzene rings is 1. The number of hydrogen-bond donors (Lipinski definition) is 2. The minimum absolute atomic E-state index is 0.0986. The first kappa shape index (κ1) is 13.2. The highest BCUT2D eigenvalue weighted by molar-refractivity contribution is 6.05. The van der Waals surface area contributed by atoms with Gasteiger partial charge in [0.25, 0.3) is 5.91 Å². The molecular formula is C16H19NO3. The number of para-hydroxylation sites is 1. The summed E-state index contributed by atoms with van der Waals surface area (Å²) in [5.41, 5.74) is 1.31. The predicted octanol–water partition coefficient (Wildman–Crippen LogP) is 2.57. The van der Waals surface area contributed by atoms with Crippen molar-refractivity contribution in [1.82, 2.24) is 5.32 Å². The molecule has 20 heavy (non-hydrogen) atoms. The van der Waals surface area contributed by atoms with E-state index in [1.54, 1.807) is 0 Å². The Morgan fingerprint density at radius 1 is 1.30 bits per heavy atom. The highest BCUT2D eigenvalue weighted by Crippen LogP contribution is 2.30. The van der Waals surface area contributed by atoms with Crippen molar-refractivity contribution < 1.29 is 14.3 Å². The lowest BCUT2D eigenvalue weighted by Crippen LogP contribution is -2.31. The summed E-state index contributed by atoms with van der Waals surface area (Å²) < 4.78 is 5.38. The normalized spacial score (nSPS) is 22.2. The minimum atomic E-state index is -0.0986. The van der Waals surface area contributed by atoms with Crippen molar-refractivity contribution in [3.05, 3.63) is 36.1 Å². The Kier molecular flexibility index (Phi) is 3.74. The second-order valence-electron chi connectivity index (χ2n) is 5.49. The van der Waals surface area contributed by atoms with Crippen LogP contribution < -0.4 is 5.32 Å². The van der Waals surface area contributed by atoms with Crippen molar-refractivity contribution in [3.63, 3.8) is 0 Å². The number of fused-ring (bicyclic) bond motifs is 1. The number of hydrogen-bond acceptors (Lipinski definition) is 3. The van der Waals surface area contributed by atoms with Gasteiger partial charge in [-0.3, -0.25) is 4.79 Å². The summed E-state index contributed by atoms with van der Waals surface area (Å²) in [7, 11) is 0. The van der Waals surface area contributed by atoms with Crippen LogP contribution in [0.5, 0.6) is 0 Å². The molecule has 0 radical (unpaired) electrons. The molecule has 1 aromatic heterocycles. The molecule has 3 rings (SSSR count). The van der Waals surface area contributed by atoms with Crippen LogP contribution in [-0.2, 0) is 0 Å². The first-order chi connectivity index (χ1) is 9.79. The third-order valence-corrected chi connectivity index (χ3v) is 4.30. The average Bonchev–Trinajstić information content (AvgIpc) is 3.11. The number of carbonyl (C=O) groups excluding carboxylic acids is 1. The Balaban J connectivity index is 1.67. The lowest BCUT2D eigenvalue weighted by molar-refractivity contribution is 0.0938. The van der Waals surface area contributed by atoms with Gasteiger partial charge in [-0.05, 0) is 30.7 Å². The van der Waals surface area contributed by atoms with Crippen molar-refractivity contribution in [2.24, 2.45) is 11.8 Å². The van der Waals surface area contributed by atoms with E-state index in [1.165, 1.54) is 6.26 Å². The highest BCUT2D eigenvalue weighted by atomic mass is 16.3. The summed E-state index contributed by atoms with van der Waals surface area (Å²) in [6.07, 6.45) is 4.79. The van der Waals surface area contributed by atoms with E-state index in [2.05, 4.69) is 5.32 Å². The summed E-state index contributed by atoms with van der Waals surface area (Å²) in [6, 6.07) is 7.52. The molecule has 1 aliphatic carbocycles. The van der Waals surface area contributed by atoms with Gasteiger partial charge in [0.05, 0.1) is 5.56 Å². The van der Waals surface area contributed by atoms with Crippen molar-refractivity contribution in [2.45, 2.75) is 19.3 Å². The summed E-state index contributed by atoms with van der Waals surface area (Å²) in [4.78, 5) is 12.2. The topological polar surface area (TPSA) is 62.5 Å². The molecule has 106 valence electrons. The fourth-order valence-corrected chi connectivity index (χ4v) is 3.10. The molecule has 1 fully saturated rings. The van der Waals surface area contributed by atoms with Gasteiger partial charge >= 0.3 is 0 Å². The third-order valence-electron chi connectivity index (χ3n) is 4.30. The number of nitrogens with one attached hydrogen (secondary N) is 1. The molecule has 0 aliphatic heterocycles. The van der Waals surface area contributed by atoms with E-state index in [9.17, 15) is 9.90 Å². The van der Waals surface area contributed by atoms with E-state index in [-0.39, 0.29) is 12.5 Å². The zero-order valence-electron chi connectivity index (χ0n) is 11.3. The zero-order valence-corrected chi connectivity index (χ0v) is 11.3. The van der Waals surface area contributed by atoms with Crippen LogP contribution >= 0.6 is 0 Å². The van der Waals surface area contributed by atoms with Gasteiger partial charge in [-0.1, -0.05) is 24.6 Å². The highest BCUT2D eigenvalue weighted by Gasteiger charge is 2.27. The molecule has 2 aromatic rings. The molecule has 0 bridgehead atoms. The number of amides is 1. The standard InChI is InChI=1S/C16H19NO3/c18-9-12-5-3-4-11(12)8-17-16(19)14-10-20-15-7-2-1-6-13(14)15/h1-2,6-7,10-12,18H,3-5,8-9H2,(H,17,19). The molecule has 4 heteroatoms. The zero-order chi connectivity index (χ0) is 13.9. The fraction of sp³-hybridized carbons (Fsp3) is 0.438. The van der Waals surface area contributed by atoms with Crippen molar-refractivity contribution in [1.29, 1.82) is 0 Å². The molecular weight excluding hydrogens is 254 g/mol. The fourth-order valence-electron chi connectivity index (χ4n) is 3.10. The summed E-state index contributed by atoms with van der Waals surface area (Å²) >= 11 is 0. The summed E-state index contributed by atoms with van der Waals surface area (Å²) in [5.74, 6) is 0.622. The van der Waals surface area contributed by atoms with Crippen LogP contribution in [0.3, 0.4) is 0 Å². The van der Waals surface area contributed by atoms with Crippen LogP contribution in [0.15, 0.2) is 34.9 Å². The first-order valence-corrected chi connectivity index (χ1v) is 7.15. The van der Waals surface area contributed by atoms with E-state index in [4.69, 9.17) is 4.42 Å². The minimum Gasteiger partial charge on any atom is -0.463 e. The molecule has 0 saturated heterocycles. The third kappa shape index (κ3) is 2.43. The molecule has 1 aliphatic rings. The van der Waals surface area contributed by atoms with Crippen LogP contribution in [0.1, 0.15) is 29.6 Å². The second kappa shape index (κ2) is 5.67. The molecule has 1 heterocycles. The van der Waals surface area contributed by atoms with Crippen molar-refractivity contribution in [3.8, 4) is 0 Å². The first-order valence-electron chi connectivity index (χ1n) is 7.15. The monoisotopic (exact) mass is 273 g/mol. The Morgan fingerprint density at radius 3 is 2.95 bits per heavy atom. The quantitative estimate of drug-likeness (QED) is 0.900. The smallest absolute Gasteiger partial charge is 0.255 e. The van der Waals surface area contributed by atoms with Crippen LogP contribution in [0.2, 0.25) is 0 Å². The molecule has 4 nitrogen and oxygen atoms in total. The SMILES string of the molecule is O=C(NCC1CCCC1CO)c1coc2ccccc12. The molecule has 2 atom stereocenters. The number of aliphatic hydroxyl groups is 1. The van der Waals surface area contributed by atoms with E-state index in [0.29, 0.717) is 23.9 Å². The van der Waals surface area contributed by atoms with Crippen LogP contribution in [0.4, 0.5) is 0 Å². The van der Waals surface area contributed by atoms with Gasteiger partial charge in [0.2, 0.25) is 0 Å². The predicted molar refractivity (Wildman–Crippen MR) is 76.5 cm³/mol. The summed E-state index contributed by atoms with van der Waals surface area (Å²) in [6.45, 7) is 0.846. The van der Waals surface area contributed by atoms with E-state index >= 15 is 0 Å². The molecule has 1 aromatic carbocycles. The van der Waals surface area contributed by atoms with E-state index < -0.39 is 0 Å². The van der Waals surface area contributed by atoms with Gasteiger partial charge in [-0.2, -0.15) is 0 Å². The lowest BCUT2D eigenvalue weighted by atomic mass is 9.97. The van der Waals surface area contributed by atoms with Gasteiger partial charge in [0.15, 0.2) is 0 Å². The number of aliphatic hydroxyl groups excluding tert-OH is 1. The largest absolute Gasteiger partial charge is 0.463 e. The van der Waals surface area contributed by atoms with Gasteiger partial charge in [-0.15, -0.1) is 0 Å². The molecule has 2 unspecified atom stereocenters. The van der Waals surface area contributed by atoms with Crippen molar-refractivity contribution >= 4 is 16.9 Å². The Bertz CT molecular complexity index is 605. The second-order valence-corrected chi connectivity index (χ2v) is 5.49. The van der Waals surface area contributed by atoms with E-state index in [0.717, 1.165) is 30.2 Å². The van der Waals surface area contributed by atoms with Gasteiger partial charge < -0.3 is 14.8 Å². The maximum Gasteiger partial charge on any atom is 0.255 e. The van der Waals surface area contributed by atoms with E-state index in [1.807, 2.05) is 24.3 Å².